The maximum absolute atomic E-state index is 12.4. The minimum absolute atomic E-state index is 0.160. The van der Waals surface area contributed by atoms with Crippen LogP contribution in [-0.4, -0.2) is 45.3 Å². The summed E-state index contributed by atoms with van der Waals surface area (Å²) in [7, 11) is 1.35. The molecule has 1 aromatic carbocycles. The van der Waals surface area contributed by atoms with Crippen LogP contribution in [0.15, 0.2) is 36.4 Å². The quantitative estimate of drug-likeness (QED) is 0.564. The number of amides is 1. The number of rotatable bonds is 7. The van der Waals surface area contributed by atoms with Crippen molar-refractivity contribution in [1.82, 2.24) is 19.7 Å². The van der Waals surface area contributed by atoms with Gasteiger partial charge in [-0.25, -0.2) is 14.8 Å². The normalized spacial score (nSPS) is 10.7. The largest absolute Gasteiger partial charge is 0.465 e. The molecule has 1 amide bonds. The minimum Gasteiger partial charge on any atom is -0.465 e. The number of ether oxygens (including phenoxy) is 1. The molecule has 0 atom stereocenters. The molecule has 0 fully saturated rings. The second-order valence-electron chi connectivity index (χ2n) is 6.97. The molecule has 9 heteroatoms. The van der Waals surface area contributed by atoms with Gasteiger partial charge in [0.25, 0.3) is 11.9 Å². The number of nitrogens with one attached hydrogen (secondary N) is 1. The maximum Gasteiger partial charge on any atom is 0.337 e. The Bertz CT molecular complexity index is 1040. The molecule has 3 rings (SSSR count). The van der Waals surface area contributed by atoms with Crippen molar-refractivity contribution in [2.75, 3.05) is 19.0 Å². The lowest BCUT2D eigenvalue weighted by molar-refractivity contribution is -0.659. The van der Waals surface area contributed by atoms with Gasteiger partial charge < -0.3 is 15.4 Å². The van der Waals surface area contributed by atoms with Gasteiger partial charge in [0.2, 0.25) is 0 Å². The van der Waals surface area contributed by atoms with Crippen LogP contribution in [0.2, 0.25) is 0 Å². The van der Waals surface area contributed by atoms with E-state index in [1.807, 2.05) is 44.3 Å². The van der Waals surface area contributed by atoms with E-state index in [0.717, 1.165) is 22.6 Å². The summed E-state index contributed by atoms with van der Waals surface area (Å²) in [4.78, 5) is 32.7. The van der Waals surface area contributed by atoms with Gasteiger partial charge in [-0.15, -0.1) is 0 Å². The van der Waals surface area contributed by atoms with Gasteiger partial charge in [-0.2, -0.15) is 9.78 Å². The first kappa shape index (κ1) is 21.1. The molecule has 0 aliphatic heterocycles. The van der Waals surface area contributed by atoms with Crippen LogP contribution in [-0.2, 0) is 16.1 Å². The highest BCUT2D eigenvalue weighted by Gasteiger charge is 2.14. The number of carbonyl (C=O) groups is 2. The van der Waals surface area contributed by atoms with E-state index in [1.54, 1.807) is 22.9 Å². The Morgan fingerprint density at radius 2 is 1.70 bits per heavy atom. The molecule has 0 aliphatic rings. The summed E-state index contributed by atoms with van der Waals surface area (Å²) >= 11 is 0. The molecule has 0 saturated heterocycles. The Kier molecular flexibility index (Phi) is 6.53. The van der Waals surface area contributed by atoms with Crippen LogP contribution in [0.4, 0.5) is 5.82 Å². The summed E-state index contributed by atoms with van der Waals surface area (Å²) in [6.45, 7) is 6.46. The maximum atomic E-state index is 12.4. The predicted octanol–water partition coefficient (Wildman–Crippen LogP) is 1.08. The third kappa shape index (κ3) is 5.26. The first-order valence-corrected chi connectivity index (χ1v) is 9.54. The van der Waals surface area contributed by atoms with Crippen LogP contribution in [0.5, 0.6) is 0 Å². The van der Waals surface area contributed by atoms with Crippen molar-refractivity contribution in [3.8, 4) is 5.95 Å². The third-order valence-corrected chi connectivity index (χ3v) is 4.34. The van der Waals surface area contributed by atoms with E-state index in [2.05, 4.69) is 25.1 Å². The number of aryl methyl sites for hydroxylation is 3. The number of anilines is 1. The fourth-order valence-corrected chi connectivity index (χ4v) is 3.00. The van der Waals surface area contributed by atoms with Crippen LogP contribution in [0.1, 0.15) is 33.0 Å². The van der Waals surface area contributed by atoms with E-state index < -0.39 is 0 Å². The number of hydrogen-bond acceptors (Lipinski definition) is 6. The number of esters is 1. The Balaban J connectivity index is 1.60. The standard InChI is InChI=1S/C21H24N6O3/c1-13-9-14(2)24-21(23-13)27-18(10-15(3)26-27)25-19(28)12-22-11-16-5-7-17(8-6-16)20(29)30-4/h5-10,22H,11-12H2,1-4H3,(H,25,28)/p+1. The zero-order valence-electron chi connectivity index (χ0n) is 17.5. The molecular weight excluding hydrogens is 384 g/mol. The predicted molar refractivity (Wildman–Crippen MR) is 110 cm³/mol. The average Bonchev–Trinajstić information content (AvgIpc) is 3.07. The van der Waals surface area contributed by atoms with Crippen molar-refractivity contribution >= 4 is 17.7 Å². The number of nitrogens with two attached hydrogens (primary N) is 1. The molecular formula is C21H25N6O3+. The monoisotopic (exact) mass is 409 g/mol. The molecule has 0 bridgehead atoms. The molecule has 30 heavy (non-hydrogen) atoms. The van der Waals surface area contributed by atoms with Crippen molar-refractivity contribution in [3.63, 3.8) is 0 Å². The third-order valence-electron chi connectivity index (χ3n) is 4.34. The van der Waals surface area contributed by atoms with E-state index in [9.17, 15) is 9.59 Å². The summed E-state index contributed by atoms with van der Waals surface area (Å²) < 4.78 is 6.23. The molecule has 0 saturated carbocycles. The number of hydrogen-bond donors (Lipinski definition) is 2. The molecule has 0 spiro atoms. The summed E-state index contributed by atoms with van der Waals surface area (Å²) in [5.74, 6) is 0.417. The molecule has 3 N–H and O–H groups in total. The molecule has 156 valence electrons. The highest BCUT2D eigenvalue weighted by atomic mass is 16.5. The smallest absolute Gasteiger partial charge is 0.337 e. The Morgan fingerprint density at radius 3 is 2.33 bits per heavy atom. The number of nitrogens with zero attached hydrogens (tertiary/aromatic N) is 4. The summed E-state index contributed by atoms with van der Waals surface area (Å²) in [6.07, 6.45) is 0. The molecule has 0 aliphatic carbocycles. The van der Waals surface area contributed by atoms with Gasteiger partial charge in [0.05, 0.1) is 18.4 Å². The lowest BCUT2D eigenvalue weighted by Gasteiger charge is -2.08. The fourth-order valence-electron chi connectivity index (χ4n) is 3.00. The zero-order valence-corrected chi connectivity index (χ0v) is 17.5. The SMILES string of the molecule is COC(=O)c1ccc(C[NH2+]CC(=O)Nc2cc(C)nn2-c2nc(C)cc(C)n2)cc1. The Hall–Kier alpha value is -3.59. The zero-order chi connectivity index (χ0) is 21.7. The van der Waals surface area contributed by atoms with Gasteiger partial charge in [-0.05, 0) is 39.0 Å². The van der Waals surface area contributed by atoms with Gasteiger partial charge >= 0.3 is 5.97 Å². The van der Waals surface area contributed by atoms with E-state index in [0.29, 0.717) is 23.9 Å². The number of carbonyl (C=O) groups excluding carboxylic acids is 2. The summed E-state index contributed by atoms with van der Waals surface area (Å²) in [5, 5.41) is 9.16. The Morgan fingerprint density at radius 1 is 1.03 bits per heavy atom. The second-order valence-corrected chi connectivity index (χ2v) is 6.97. The van der Waals surface area contributed by atoms with Crippen LogP contribution < -0.4 is 10.6 Å². The Labute approximate surface area is 174 Å². The molecule has 0 radical (unpaired) electrons. The molecule has 0 unspecified atom stereocenters. The van der Waals surface area contributed by atoms with Crippen LogP contribution in [0.3, 0.4) is 0 Å². The first-order valence-electron chi connectivity index (χ1n) is 9.54. The highest BCUT2D eigenvalue weighted by Crippen LogP contribution is 2.15. The van der Waals surface area contributed by atoms with Crippen LogP contribution >= 0.6 is 0 Å². The average molecular weight is 409 g/mol. The van der Waals surface area contributed by atoms with Gasteiger partial charge in [0.1, 0.15) is 12.4 Å². The van der Waals surface area contributed by atoms with Crippen molar-refractivity contribution in [2.24, 2.45) is 0 Å². The minimum atomic E-state index is -0.371. The van der Waals surface area contributed by atoms with Gasteiger partial charge in [-0.1, -0.05) is 12.1 Å². The van der Waals surface area contributed by atoms with Gasteiger partial charge in [0.15, 0.2) is 6.54 Å². The fraction of sp³-hybridized carbons (Fsp3) is 0.286. The van der Waals surface area contributed by atoms with Gasteiger partial charge in [0, 0.05) is 23.0 Å². The number of benzene rings is 1. The van der Waals surface area contributed by atoms with Crippen molar-refractivity contribution < 1.29 is 19.6 Å². The summed E-state index contributed by atoms with van der Waals surface area (Å²) in [5.41, 5.74) is 3.91. The molecule has 2 aromatic heterocycles. The molecule has 2 heterocycles. The van der Waals surface area contributed by atoms with Crippen molar-refractivity contribution in [1.29, 1.82) is 0 Å². The highest BCUT2D eigenvalue weighted by molar-refractivity contribution is 5.91. The lowest BCUT2D eigenvalue weighted by atomic mass is 10.1. The topological polar surface area (TPSA) is 116 Å². The van der Waals surface area contributed by atoms with Crippen LogP contribution in [0.25, 0.3) is 5.95 Å². The van der Waals surface area contributed by atoms with Crippen molar-refractivity contribution in [3.05, 3.63) is 64.6 Å². The second kappa shape index (κ2) is 9.27. The number of quaternary nitrogens is 1. The van der Waals surface area contributed by atoms with Gasteiger partial charge in [-0.3, -0.25) is 4.79 Å². The molecule has 9 nitrogen and oxygen atoms in total. The van der Waals surface area contributed by atoms with E-state index in [4.69, 9.17) is 0 Å². The lowest BCUT2D eigenvalue weighted by Crippen LogP contribution is -2.84. The summed E-state index contributed by atoms with van der Waals surface area (Å²) in [6, 6.07) is 10.8. The van der Waals surface area contributed by atoms with E-state index in [-0.39, 0.29) is 18.4 Å². The first-order chi connectivity index (χ1) is 14.4. The van der Waals surface area contributed by atoms with Crippen molar-refractivity contribution in [2.45, 2.75) is 27.3 Å². The van der Waals surface area contributed by atoms with Crippen LogP contribution in [0, 0.1) is 20.8 Å². The van der Waals surface area contributed by atoms with E-state index >= 15 is 0 Å². The molecule has 3 aromatic rings. The number of aromatic nitrogens is 4. The van der Waals surface area contributed by atoms with E-state index in [1.165, 1.54) is 7.11 Å². The number of methoxy groups -OCH3 is 1.